The van der Waals surface area contributed by atoms with Gasteiger partial charge in [0.25, 0.3) is 5.91 Å². The molecule has 0 aromatic rings. The fourth-order valence-corrected chi connectivity index (χ4v) is 5.39. The summed E-state index contributed by atoms with van der Waals surface area (Å²) < 4.78 is 0. The summed E-state index contributed by atoms with van der Waals surface area (Å²) in [5, 5.41) is 0. The van der Waals surface area contributed by atoms with Gasteiger partial charge in [-0.2, -0.15) is 0 Å². The molecule has 2 heterocycles. The molecule has 0 bridgehead atoms. The number of likely N-dealkylation sites (tertiary alicyclic amines) is 1. The highest BCUT2D eigenvalue weighted by Crippen LogP contribution is 2.47. The maximum absolute atomic E-state index is 13.0. The number of piperidine rings is 1. The number of carbonyl (C=O) groups is 2. The van der Waals surface area contributed by atoms with Crippen molar-refractivity contribution < 1.29 is 9.59 Å². The van der Waals surface area contributed by atoms with Crippen molar-refractivity contribution in [3.8, 4) is 0 Å². The summed E-state index contributed by atoms with van der Waals surface area (Å²) >= 11 is 0. The van der Waals surface area contributed by atoms with E-state index in [1.807, 2.05) is 49.0 Å². The Balaban J connectivity index is 1.61. The first-order valence-corrected chi connectivity index (χ1v) is 11.2. The zero-order valence-corrected chi connectivity index (χ0v) is 18.5. The molecular formula is C24H37N3O2. The molecule has 0 radical (unpaired) electrons. The predicted molar refractivity (Wildman–Crippen MR) is 117 cm³/mol. The van der Waals surface area contributed by atoms with Crippen LogP contribution < -0.4 is 0 Å². The number of hydrogen-bond donors (Lipinski definition) is 0. The van der Waals surface area contributed by atoms with Crippen LogP contribution in [0.5, 0.6) is 0 Å². The Hall–Kier alpha value is -1.88. The Morgan fingerprint density at radius 2 is 1.90 bits per heavy atom. The lowest BCUT2D eigenvalue weighted by molar-refractivity contribution is -0.136. The molecule has 160 valence electrons. The van der Waals surface area contributed by atoms with Crippen LogP contribution in [0.25, 0.3) is 0 Å². The van der Waals surface area contributed by atoms with E-state index in [0.29, 0.717) is 0 Å². The van der Waals surface area contributed by atoms with Gasteiger partial charge in [0.15, 0.2) is 0 Å². The van der Waals surface area contributed by atoms with Crippen molar-refractivity contribution in [3.63, 3.8) is 0 Å². The Bertz CT molecular complexity index is 695. The van der Waals surface area contributed by atoms with Gasteiger partial charge in [0.1, 0.15) is 0 Å². The van der Waals surface area contributed by atoms with E-state index in [9.17, 15) is 9.59 Å². The summed E-state index contributed by atoms with van der Waals surface area (Å²) in [4.78, 5) is 32.1. The maximum atomic E-state index is 13.0. The van der Waals surface area contributed by atoms with Crippen LogP contribution in [-0.4, -0.2) is 72.3 Å². The lowest BCUT2D eigenvalue weighted by Crippen LogP contribution is -2.50. The third-order valence-corrected chi connectivity index (χ3v) is 7.24. The summed E-state index contributed by atoms with van der Waals surface area (Å²) in [5.41, 5.74) is 1.50. The van der Waals surface area contributed by atoms with Gasteiger partial charge in [-0.25, -0.2) is 0 Å². The van der Waals surface area contributed by atoms with Crippen LogP contribution in [0, 0.1) is 5.92 Å². The second kappa shape index (κ2) is 9.29. The zero-order chi connectivity index (χ0) is 21.0. The molecule has 1 spiro atoms. The molecule has 3 rings (SSSR count). The van der Waals surface area contributed by atoms with Gasteiger partial charge < -0.3 is 14.7 Å². The zero-order valence-electron chi connectivity index (χ0n) is 18.5. The minimum Gasteiger partial charge on any atom is -0.344 e. The van der Waals surface area contributed by atoms with E-state index in [1.165, 1.54) is 32.4 Å². The molecule has 0 aromatic carbocycles. The lowest BCUT2D eigenvalue weighted by Gasteiger charge is -2.43. The molecule has 2 fully saturated rings. The number of nitrogens with zero attached hydrogens (tertiary/aromatic N) is 3. The SMILES string of the molecule is C=CC1=C(/C=C\C)C(=O)N(C)C12CCC(C(=O)N(C)CCN1CCCCC1)CC2. The maximum Gasteiger partial charge on any atom is 0.254 e. The van der Waals surface area contributed by atoms with E-state index in [2.05, 4.69) is 11.5 Å². The molecule has 5 nitrogen and oxygen atoms in total. The monoisotopic (exact) mass is 399 g/mol. The van der Waals surface area contributed by atoms with Crippen LogP contribution in [-0.2, 0) is 9.59 Å². The third kappa shape index (κ3) is 4.20. The molecule has 0 N–H and O–H groups in total. The third-order valence-electron chi connectivity index (χ3n) is 7.24. The normalized spacial score (nSPS) is 28.6. The summed E-state index contributed by atoms with van der Waals surface area (Å²) in [5.74, 6) is 0.399. The largest absolute Gasteiger partial charge is 0.344 e. The Kier molecular flexibility index (Phi) is 6.99. The highest BCUT2D eigenvalue weighted by Gasteiger charge is 2.50. The Labute approximate surface area is 176 Å². The van der Waals surface area contributed by atoms with Gasteiger partial charge in [-0.15, -0.1) is 0 Å². The van der Waals surface area contributed by atoms with Crippen molar-refractivity contribution >= 4 is 11.8 Å². The second-order valence-electron chi connectivity index (χ2n) is 8.86. The van der Waals surface area contributed by atoms with Gasteiger partial charge in [0.2, 0.25) is 5.91 Å². The number of carbonyl (C=O) groups excluding carboxylic acids is 2. The van der Waals surface area contributed by atoms with Crippen molar-refractivity contribution in [1.29, 1.82) is 0 Å². The van der Waals surface area contributed by atoms with E-state index in [4.69, 9.17) is 0 Å². The Morgan fingerprint density at radius 1 is 1.24 bits per heavy atom. The number of allylic oxidation sites excluding steroid dienone is 1. The number of rotatable bonds is 6. The van der Waals surface area contributed by atoms with Gasteiger partial charge in [0, 0.05) is 38.7 Å². The van der Waals surface area contributed by atoms with Crippen molar-refractivity contribution in [3.05, 3.63) is 36.0 Å². The molecule has 0 aromatic heterocycles. The van der Waals surface area contributed by atoms with E-state index in [0.717, 1.165) is 49.9 Å². The molecule has 2 aliphatic heterocycles. The first kappa shape index (κ1) is 21.8. The second-order valence-corrected chi connectivity index (χ2v) is 8.86. The van der Waals surface area contributed by atoms with Crippen LogP contribution in [0.4, 0.5) is 0 Å². The van der Waals surface area contributed by atoms with Gasteiger partial charge in [-0.3, -0.25) is 9.59 Å². The highest BCUT2D eigenvalue weighted by atomic mass is 16.2. The summed E-state index contributed by atoms with van der Waals surface area (Å²) in [7, 11) is 3.84. The first-order chi connectivity index (χ1) is 13.9. The van der Waals surface area contributed by atoms with Crippen molar-refractivity contribution in [2.45, 2.75) is 57.4 Å². The molecule has 0 atom stereocenters. The van der Waals surface area contributed by atoms with E-state index in [-0.39, 0.29) is 23.3 Å². The fraction of sp³-hybridized carbons (Fsp3) is 0.667. The van der Waals surface area contributed by atoms with E-state index >= 15 is 0 Å². The van der Waals surface area contributed by atoms with Gasteiger partial charge in [-0.1, -0.05) is 31.2 Å². The fourth-order valence-electron chi connectivity index (χ4n) is 5.39. The number of hydrogen-bond acceptors (Lipinski definition) is 3. The number of likely N-dealkylation sites (N-methyl/N-ethyl adjacent to an activating group) is 2. The van der Waals surface area contributed by atoms with Gasteiger partial charge >= 0.3 is 0 Å². The van der Waals surface area contributed by atoms with Gasteiger partial charge in [0.05, 0.1) is 5.54 Å². The Morgan fingerprint density at radius 3 is 2.48 bits per heavy atom. The van der Waals surface area contributed by atoms with Crippen LogP contribution >= 0.6 is 0 Å². The van der Waals surface area contributed by atoms with Crippen molar-refractivity contribution in [2.24, 2.45) is 5.92 Å². The molecular weight excluding hydrogens is 362 g/mol. The molecule has 0 unspecified atom stereocenters. The molecule has 1 saturated carbocycles. The van der Waals surface area contributed by atoms with E-state index in [1.54, 1.807) is 0 Å². The van der Waals surface area contributed by atoms with E-state index < -0.39 is 0 Å². The topological polar surface area (TPSA) is 43.9 Å². The van der Waals surface area contributed by atoms with Crippen molar-refractivity contribution in [1.82, 2.24) is 14.7 Å². The highest BCUT2D eigenvalue weighted by molar-refractivity contribution is 6.01. The predicted octanol–water partition coefficient (Wildman–Crippen LogP) is 3.39. The average molecular weight is 400 g/mol. The molecule has 5 heteroatoms. The van der Waals surface area contributed by atoms with Crippen LogP contribution in [0.15, 0.2) is 36.0 Å². The van der Waals surface area contributed by atoms with Crippen LogP contribution in [0.3, 0.4) is 0 Å². The molecule has 2 amide bonds. The minimum atomic E-state index is -0.295. The van der Waals surface area contributed by atoms with Gasteiger partial charge in [-0.05, 0) is 64.1 Å². The molecule has 29 heavy (non-hydrogen) atoms. The van der Waals surface area contributed by atoms with Crippen LogP contribution in [0.2, 0.25) is 0 Å². The smallest absolute Gasteiger partial charge is 0.254 e. The quantitative estimate of drug-likeness (QED) is 0.688. The van der Waals surface area contributed by atoms with Crippen LogP contribution in [0.1, 0.15) is 51.9 Å². The minimum absolute atomic E-state index is 0.0623. The summed E-state index contributed by atoms with van der Waals surface area (Å²) in [6, 6.07) is 0. The molecule has 3 aliphatic rings. The lowest BCUT2D eigenvalue weighted by atomic mass is 9.72. The summed E-state index contributed by atoms with van der Waals surface area (Å²) in [6.07, 6.45) is 12.9. The first-order valence-electron chi connectivity index (χ1n) is 11.2. The standard InChI is InChI=1S/C24H37N3O2/c1-5-10-20-21(6-2)24(26(4)23(20)29)13-11-19(12-14-24)22(28)25(3)17-18-27-15-8-7-9-16-27/h5-6,10,19H,2,7-9,11-18H2,1,3-4H3/b10-5-. The summed E-state index contributed by atoms with van der Waals surface area (Å²) in [6.45, 7) is 10.0. The number of amides is 2. The molecule has 1 aliphatic carbocycles. The molecule has 1 saturated heterocycles. The van der Waals surface area contributed by atoms with Crippen molar-refractivity contribution in [2.75, 3.05) is 40.3 Å². The average Bonchev–Trinajstić information content (AvgIpc) is 2.94.